The van der Waals surface area contributed by atoms with Gasteiger partial charge in [-0.15, -0.1) is 0 Å². The van der Waals surface area contributed by atoms with Crippen LogP contribution in [0.25, 0.3) is 0 Å². The van der Waals surface area contributed by atoms with Crippen LogP contribution in [0.1, 0.15) is 52.9 Å². The molecule has 1 saturated carbocycles. The van der Waals surface area contributed by atoms with Crippen LogP contribution < -0.4 is 0 Å². The van der Waals surface area contributed by atoms with Gasteiger partial charge in [-0.05, 0) is 39.0 Å². The average molecular weight is 225 g/mol. The molecule has 0 aromatic carbocycles. The maximum atomic E-state index is 9.45. The number of hydrogen-bond acceptors (Lipinski definition) is 3. The number of aliphatic hydroxyl groups excluding tert-OH is 1. The Bertz CT molecular complexity index is 259. The summed E-state index contributed by atoms with van der Waals surface area (Å²) in [6.07, 6.45) is 4.19. The van der Waals surface area contributed by atoms with E-state index >= 15 is 0 Å². The van der Waals surface area contributed by atoms with Gasteiger partial charge in [0, 0.05) is 0 Å². The van der Waals surface area contributed by atoms with E-state index in [0.29, 0.717) is 5.92 Å². The largest absolute Gasteiger partial charge is 0.391 e. The van der Waals surface area contributed by atoms with Crippen LogP contribution in [-0.4, -0.2) is 22.9 Å². The molecule has 92 valence electrons. The highest BCUT2D eigenvalue weighted by molar-refractivity contribution is 5.05. The lowest BCUT2D eigenvalue weighted by Crippen LogP contribution is -2.42. The maximum Gasteiger partial charge on any atom is 0.154 e. The molecule has 0 bridgehead atoms. The molecule has 0 aromatic heterocycles. The highest BCUT2D eigenvalue weighted by Crippen LogP contribution is 2.37. The molecule has 1 fully saturated rings. The minimum atomic E-state index is -0.657. The van der Waals surface area contributed by atoms with Gasteiger partial charge in [0.15, 0.2) is 5.60 Å². The van der Waals surface area contributed by atoms with Crippen molar-refractivity contribution >= 4 is 0 Å². The molecule has 4 atom stereocenters. The summed E-state index contributed by atoms with van der Waals surface area (Å²) < 4.78 is 5.81. The Balaban J connectivity index is 2.66. The molecule has 0 spiro atoms. The van der Waals surface area contributed by atoms with Crippen molar-refractivity contribution in [2.45, 2.75) is 70.7 Å². The van der Waals surface area contributed by atoms with Crippen LogP contribution >= 0.6 is 0 Å². The average Bonchev–Trinajstić information content (AvgIpc) is 2.29. The van der Waals surface area contributed by atoms with E-state index in [4.69, 9.17) is 4.74 Å². The van der Waals surface area contributed by atoms with Gasteiger partial charge in [-0.3, -0.25) is 0 Å². The van der Waals surface area contributed by atoms with Crippen LogP contribution in [-0.2, 0) is 4.74 Å². The molecule has 1 N–H and O–H groups in total. The Morgan fingerprint density at radius 3 is 2.75 bits per heavy atom. The minimum Gasteiger partial charge on any atom is -0.391 e. The second kappa shape index (κ2) is 5.65. The fourth-order valence-corrected chi connectivity index (χ4v) is 2.38. The third-order valence-corrected chi connectivity index (χ3v) is 3.68. The van der Waals surface area contributed by atoms with E-state index in [2.05, 4.69) is 13.0 Å². The Morgan fingerprint density at radius 2 is 2.25 bits per heavy atom. The zero-order chi connectivity index (χ0) is 12.2. The zero-order valence-electron chi connectivity index (χ0n) is 10.6. The predicted molar refractivity (Wildman–Crippen MR) is 62.8 cm³/mol. The third kappa shape index (κ3) is 3.20. The fourth-order valence-electron chi connectivity index (χ4n) is 2.38. The first-order chi connectivity index (χ1) is 7.53. The Labute approximate surface area is 98.4 Å². The lowest BCUT2D eigenvalue weighted by molar-refractivity contribution is -0.117. The topological polar surface area (TPSA) is 53.2 Å². The minimum absolute atomic E-state index is 0.268. The van der Waals surface area contributed by atoms with E-state index in [1.165, 1.54) is 6.42 Å². The molecule has 0 radical (unpaired) electrons. The molecule has 0 aromatic rings. The summed E-state index contributed by atoms with van der Waals surface area (Å²) >= 11 is 0. The van der Waals surface area contributed by atoms with Crippen molar-refractivity contribution in [2.75, 3.05) is 0 Å². The Hall–Kier alpha value is -0.590. The van der Waals surface area contributed by atoms with Crippen molar-refractivity contribution in [1.82, 2.24) is 0 Å². The van der Waals surface area contributed by atoms with E-state index in [0.717, 1.165) is 25.7 Å². The quantitative estimate of drug-likeness (QED) is 0.800. The first-order valence-corrected chi connectivity index (χ1v) is 6.30. The lowest BCUT2D eigenvalue weighted by Gasteiger charge is -2.37. The van der Waals surface area contributed by atoms with Crippen molar-refractivity contribution in [3.8, 4) is 6.07 Å². The van der Waals surface area contributed by atoms with Gasteiger partial charge < -0.3 is 9.84 Å². The highest BCUT2D eigenvalue weighted by Gasteiger charge is 2.38. The van der Waals surface area contributed by atoms with E-state index in [-0.39, 0.29) is 6.10 Å². The molecular formula is C13H23NO2. The standard InChI is InChI=1S/C13H23NO2/c1-4-12-6-5-7-13(8-12,9-14)16-11(3)10(2)15/h10-12,15H,4-8H2,1-3H3. The van der Waals surface area contributed by atoms with Gasteiger partial charge >= 0.3 is 0 Å². The fraction of sp³-hybridized carbons (Fsp3) is 0.923. The summed E-state index contributed by atoms with van der Waals surface area (Å²) in [4.78, 5) is 0. The molecule has 3 nitrogen and oxygen atoms in total. The van der Waals surface area contributed by atoms with E-state index in [1.807, 2.05) is 6.92 Å². The Kier molecular flexibility index (Phi) is 4.76. The summed E-state index contributed by atoms with van der Waals surface area (Å²) in [5.41, 5.74) is -0.657. The molecule has 1 rings (SSSR count). The molecule has 4 unspecified atom stereocenters. The van der Waals surface area contributed by atoms with Gasteiger partial charge in [0.05, 0.1) is 18.3 Å². The second-order valence-electron chi connectivity index (χ2n) is 5.04. The van der Waals surface area contributed by atoms with Crippen molar-refractivity contribution in [3.05, 3.63) is 0 Å². The molecule has 0 aliphatic heterocycles. The van der Waals surface area contributed by atoms with Crippen LogP contribution in [0.3, 0.4) is 0 Å². The van der Waals surface area contributed by atoms with Crippen molar-refractivity contribution in [3.63, 3.8) is 0 Å². The molecule has 3 heteroatoms. The molecule has 0 amide bonds. The number of aliphatic hydroxyl groups is 1. The van der Waals surface area contributed by atoms with Crippen LogP contribution in [0.2, 0.25) is 0 Å². The molecule has 1 aliphatic rings. The first kappa shape index (κ1) is 13.5. The maximum absolute atomic E-state index is 9.45. The highest BCUT2D eigenvalue weighted by atomic mass is 16.5. The monoisotopic (exact) mass is 225 g/mol. The van der Waals surface area contributed by atoms with Gasteiger partial charge in [0.1, 0.15) is 0 Å². The SMILES string of the molecule is CCC1CCCC(C#N)(OC(C)C(C)O)C1. The third-order valence-electron chi connectivity index (χ3n) is 3.68. The van der Waals surface area contributed by atoms with Gasteiger partial charge in [0.25, 0.3) is 0 Å². The van der Waals surface area contributed by atoms with E-state index in [9.17, 15) is 10.4 Å². The summed E-state index contributed by atoms with van der Waals surface area (Å²) in [5.74, 6) is 0.592. The summed E-state index contributed by atoms with van der Waals surface area (Å²) in [5, 5.41) is 18.8. The molecule has 16 heavy (non-hydrogen) atoms. The van der Waals surface area contributed by atoms with Crippen LogP contribution in [0.4, 0.5) is 0 Å². The second-order valence-corrected chi connectivity index (χ2v) is 5.04. The number of nitrogens with zero attached hydrogens (tertiary/aromatic N) is 1. The van der Waals surface area contributed by atoms with Crippen LogP contribution in [0.5, 0.6) is 0 Å². The van der Waals surface area contributed by atoms with Crippen LogP contribution in [0.15, 0.2) is 0 Å². The molecule has 0 saturated heterocycles. The smallest absolute Gasteiger partial charge is 0.154 e. The van der Waals surface area contributed by atoms with Gasteiger partial charge in [0.2, 0.25) is 0 Å². The van der Waals surface area contributed by atoms with Gasteiger partial charge in [-0.25, -0.2) is 0 Å². The number of rotatable bonds is 4. The predicted octanol–water partition coefficient (Wildman–Crippen LogP) is 2.63. The zero-order valence-corrected chi connectivity index (χ0v) is 10.6. The molecular weight excluding hydrogens is 202 g/mol. The first-order valence-electron chi connectivity index (χ1n) is 6.30. The summed E-state index contributed by atoms with van der Waals surface area (Å²) in [7, 11) is 0. The molecule has 0 heterocycles. The normalized spacial score (nSPS) is 34.1. The summed E-state index contributed by atoms with van der Waals surface area (Å²) in [6.45, 7) is 5.70. The molecule has 1 aliphatic carbocycles. The summed E-state index contributed by atoms with van der Waals surface area (Å²) in [6, 6.07) is 2.33. The van der Waals surface area contributed by atoms with E-state index < -0.39 is 11.7 Å². The van der Waals surface area contributed by atoms with Gasteiger partial charge in [-0.2, -0.15) is 5.26 Å². The number of hydrogen-bond donors (Lipinski definition) is 1. The van der Waals surface area contributed by atoms with Crippen LogP contribution in [0, 0.1) is 17.2 Å². The Morgan fingerprint density at radius 1 is 1.56 bits per heavy atom. The van der Waals surface area contributed by atoms with E-state index in [1.54, 1.807) is 6.92 Å². The van der Waals surface area contributed by atoms with Crippen molar-refractivity contribution in [1.29, 1.82) is 5.26 Å². The number of nitriles is 1. The van der Waals surface area contributed by atoms with Crippen molar-refractivity contribution < 1.29 is 9.84 Å². The van der Waals surface area contributed by atoms with Gasteiger partial charge in [-0.1, -0.05) is 19.8 Å². The number of ether oxygens (including phenoxy) is 1. The lowest BCUT2D eigenvalue weighted by atomic mass is 9.77. The van der Waals surface area contributed by atoms with Crippen molar-refractivity contribution in [2.24, 2.45) is 5.92 Å².